The number of nitrogens with one attached hydrogen (secondary N) is 2. The van der Waals surface area contributed by atoms with Gasteiger partial charge in [0, 0.05) is 31.1 Å². The highest BCUT2D eigenvalue weighted by molar-refractivity contribution is 7.89. The van der Waals surface area contributed by atoms with Crippen molar-refractivity contribution in [1.82, 2.24) is 14.9 Å². The van der Waals surface area contributed by atoms with E-state index >= 15 is 0 Å². The monoisotopic (exact) mass is 464 g/mol. The number of rotatable bonds is 8. The third-order valence-corrected chi connectivity index (χ3v) is 7.33. The van der Waals surface area contributed by atoms with Crippen molar-refractivity contribution in [3.05, 3.63) is 58.0 Å². The minimum atomic E-state index is -3.93. The van der Waals surface area contributed by atoms with Crippen molar-refractivity contribution in [3.63, 3.8) is 0 Å². The van der Waals surface area contributed by atoms with Crippen LogP contribution in [0.25, 0.3) is 0 Å². The van der Waals surface area contributed by atoms with Gasteiger partial charge in [-0.05, 0) is 37.5 Å². The summed E-state index contributed by atoms with van der Waals surface area (Å²) in [7, 11) is -3.93. The molecule has 1 aromatic carbocycles. The summed E-state index contributed by atoms with van der Waals surface area (Å²) in [6.45, 7) is 1.81. The minimum absolute atomic E-state index is 0.104. The first-order valence-corrected chi connectivity index (χ1v) is 11.4. The van der Waals surface area contributed by atoms with Crippen molar-refractivity contribution >= 4 is 27.5 Å². The van der Waals surface area contributed by atoms with Gasteiger partial charge in [-0.25, -0.2) is 8.42 Å². The van der Waals surface area contributed by atoms with Crippen LogP contribution in [0.2, 0.25) is 0 Å². The zero-order valence-corrected chi connectivity index (χ0v) is 18.3. The van der Waals surface area contributed by atoms with Gasteiger partial charge in [-0.1, -0.05) is 6.07 Å². The molecule has 0 radical (unpaired) electrons. The summed E-state index contributed by atoms with van der Waals surface area (Å²) in [4.78, 5) is 34.5. The summed E-state index contributed by atoms with van der Waals surface area (Å²) < 4.78 is 32.3. The van der Waals surface area contributed by atoms with E-state index in [-0.39, 0.29) is 61.4 Å². The third-order valence-electron chi connectivity index (χ3n) is 5.29. The highest BCUT2D eigenvalue weighted by Crippen LogP contribution is 2.28. The molecule has 2 amide bonds. The molecule has 1 aliphatic rings. The highest BCUT2D eigenvalue weighted by atomic mass is 32.2. The molecule has 2 heterocycles. The van der Waals surface area contributed by atoms with E-state index in [2.05, 4.69) is 10.6 Å². The molecule has 3 rings (SSSR count). The Kier molecular flexibility index (Phi) is 7.26. The van der Waals surface area contributed by atoms with Gasteiger partial charge in [-0.2, -0.15) is 4.31 Å². The number of amides is 2. The van der Waals surface area contributed by atoms with Crippen LogP contribution in [0.15, 0.2) is 45.9 Å². The van der Waals surface area contributed by atoms with E-state index < -0.39 is 20.9 Å². The predicted molar refractivity (Wildman–Crippen MR) is 113 cm³/mol. The quantitative estimate of drug-likeness (QED) is 0.441. The second-order valence-corrected chi connectivity index (χ2v) is 9.37. The molecule has 0 saturated carbocycles. The normalized spacial score (nSPS) is 15.3. The van der Waals surface area contributed by atoms with Crippen LogP contribution in [0.3, 0.4) is 0 Å². The highest BCUT2D eigenvalue weighted by Gasteiger charge is 2.33. The smallest absolute Gasteiger partial charge is 0.270 e. The van der Waals surface area contributed by atoms with E-state index in [1.54, 1.807) is 19.1 Å². The number of non-ortho nitro benzene ring substituents is 1. The Morgan fingerprint density at radius 2 is 1.94 bits per heavy atom. The summed E-state index contributed by atoms with van der Waals surface area (Å²) in [5, 5.41) is 16.2. The van der Waals surface area contributed by atoms with E-state index in [9.17, 15) is 28.1 Å². The molecule has 0 unspecified atom stereocenters. The number of carbonyl (C=O) groups excluding carboxylic acids is 2. The number of hydrogen-bond acceptors (Lipinski definition) is 7. The van der Waals surface area contributed by atoms with Crippen molar-refractivity contribution in [2.24, 2.45) is 5.92 Å². The molecule has 0 aliphatic carbocycles. The summed E-state index contributed by atoms with van der Waals surface area (Å²) in [6.07, 6.45) is 2.07. The Morgan fingerprint density at radius 1 is 1.22 bits per heavy atom. The summed E-state index contributed by atoms with van der Waals surface area (Å²) in [5.41, 5.74) is 0.116. The van der Waals surface area contributed by atoms with Crippen LogP contribution >= 0.6 is 0 Å². The first-order chi connectivity index (χ1) is 15.2. The number of carbonyl (C=O) groups is 2. The number of sulfonamides is 1. The summed E-state index contributed by atoms with van der Waals surface area (Å²) >= 11 is 0. The largest absolute Gasteiger partial charge is 0.467 e. The van der Waals surface area contributed by atoms with E-state index in [0.717, 1.165) is 6.07 Å². The van der Waals surface area contributed by atoms with Gasteiger partial charge in [-0.15, -0.1) is 0 Å². The van der Waals surface area contributed by atoms with Gasteiger partial charge in [0.2, 0.25) is 21.8 Å². The SMILES string of the molecule is Cc1ccc([N+](=O)[O-])cc1S(=O)(=O)N1CCC(C(=O)NCC(=O)NCc2ccco2)CC1. The van der Waals surface area contributed by atoms with Gasteiger partial charge in [0.15, 0.2) is 0 Å². The molecule has 32 heavy (non-hydrogen) atoms. The Bertz CT molecular complexity index is 1090. The van der Waals surface area contributed by atoms with E-state index in [1.807, 2.05) is 0 Å². The topological polar surface area (TPSA) is 152 Å². The first kappa shape index (κ1) is 23.4. The minimum Gasteiger partial charge on any atom is -0.467 e. The van der Waals surface area contributed by atoms with E-state index in [4.69, 9.17) is 4.42 Å². The van der Waals surface area contributed by atoms with Gasteiger partial charge in [0.25, 0.3) is 5.69 Å². The van der Waals surface area contributed by atoms with Gasteiger partial charge < -0.3 is 15.1 Å². The number of hydrogen-bond donors (Lipinski definition) is 2. The summed E-state index contributed by atoms with van der Waals surface area (Å²) in [5.74, 6) is -0.514. The number of nitro benzene ring substituents is 1. The van der Waals surface area contributed by atoms with Crippen LogP contribution in [0.5, 0.6) is 0 Å². The maximum atomic E-state index is 13.0. The zero-order chi connectivity index (χ0) is 23.3. The molecule has 172 valence electrons. The Balaban J connectivity index is 1.52. The van der Waals surface area contributed by atoms with Crippen molar-refractivity contribution in [2.45, 2.75) is 31.2 Å². The zero-order valence-electron chi connectivity index (χ0n) is 17.4. The molecule has 1 fully saturated rings. The van der Waals surface area contributed by atoms with E-state index in [1.165, 1.54) is 22.7 Å². The Hall–Kier alpha value is -3.25. The molecule has 1 aliphatic heterocycles. The van der Waals surface area contributed by atoms with Crippen LogP contribution in [0.1, 0.15) is 24.2 Å². The fraction of sp³-hybridized carbons (Fsp3) is 0.400. The molecule has 2 aromatic rings. The van der Waals surface area contributed by atoms with Crippen molar-refractivity contribution in [1.29, 1.82) is 0 Å². The van der Waals surface area contributed by atoms with Gasteiger partial charge in [0.05, 0.1) is 29.2 Å². The number of aryl methyl sites for hydroxylation is 1. The van der Waals surface area contributed by atoms with Crippen LogP contribution in [0, 0.1) is 23.0 Å². The standard InChI is InChI=1S/C20H24N4O7S/c1-14-4-5-16(24(27)28)11-18(14)32(29,30)23-8-6-15(7-9-23)20(26)22-13-19(25)21-12-17-3-2-10-31-17/h2-5,10-11,15H,6-9,12-13H2,1H3,(H,21,25)(H,22,26). The number of nitrogens with zero attached hydrogens (tertiary/aromatic N) is 2. The number of furan rings is 1. The molecule has 1 aromatic heterocycles. The molecular formula is C20H24N4O7S. The molecule has 0 atom stereocenters. The molecule has 12 heteroatoms. The first-order valence-electron chi connectivity index (χ1n) is 10.0. The maximum absolute atomic E-state index is 13.0. The molecular weight excluding hydrogens is 440 g/mol. The fourth-order valence-corrected chi connectivity index (χ4v) is 5.17. The number of piperidine rings is 1. The maximum Gasteiger partial charge on any atom is 0.270 e. The van der Waals surface area contributed by atoms with Crippen LogP contribution in [-0.2, 0) is 26.2 Å². The molecule has 11 nitrogen and oxygen atoms in total. The molecule has 0 bridgehead atoms. The third kappa shape index (κ3) is 5.51. The molecule has 2 N–H and O–H groups in total. The van der Waals surface area contributed by atoms with Crippen molar-refractivity contribution in [3.8, 4) is 0 Å². The fourth-order valence-electron chi connectivity index (χ4n) is 3.45. The van der Waals surface area contributed by atoms with Crippen LogP contribution < -0.4 is 10.6 Å². The average molecular weight is 465 g/mol. The lowest BCUT2D eigenvalue weighted by Gasteiger charge is -2.30. The van der Waals surface area contributed by atoms with Crippen molar-refractivity contribution in [2.75, 3.05) is 19.6 Å². The molecule has 0 spiro atoms. The average Bonchev–Trinajstić information content (AvgIpc) is 3.30. The molecule has 1 saturated heterocycles. The van der Waals surface area contributed by atoms with Gasteiger partial charge >= 0.3 is 0 Å². The Morgan fingerprint density at radius 3 is 2.56 bits per heavy atom. The number of benzene rings is 1. The predicted octanol–water partition coefficient (Wildman–Crippen LogP) is 1.33. The lowest BCUT2D eigenvalue weighted by atomic mass is 9.97. The van der Waals surface area contributed by atoms with Crippen LogP contribution in [0.4, 0.5) is 5.69 Å². The second-order valence-electron chi connectivity index (χ2n) is 7.46. The van der Waals surface area contributed by atoms with Crippen LogP contribution in [-0.4, -0.2) is 49.1 Å². The lowest BCUT2D eigenvalue weighted by molar-refractivity contribution is -0.385. The second kappa shape index (κ2) is 9.92. The lowest BCUT2D eigenvalue weighted by Crippen LogP contribution is -2.45. The van der Waals surface area contributed by atoms with E-state index in [0.29, 0.717) is 11.3 Å². The van der Waals surface area contributed by atoms with Gasteiger partial charge in [-0.3, -0.25) is 19.7 Å². The van der Waals surface area contributed by atoms with Gasteiger partial charge in [0.1, 0.15) is 5.76 Å². The number of nitro groups is 1. The van der Waals surface area contributed by atoms with Crippen molar-refractivity contribution < 1.29 is 27.3 Å². The Labute approximate surface area is 185 Å². The summed E-state index contributed by atoms with van der Waals surface area (Å²) in [6, 6.07) is 7.15.